The molecule has 1 N–H and O–H groups in total. The molecule has 0 aromatic heterocycles. The van der Waals surface area contributed by atoms with Crippen molar-refractivity contribution in [3.63, 3.8) is 0 Å². The molecule has 3 rings (SSSR count). The van der Waals surface area contributed by atoms with Crippen LogP contribution in [0.3, 0.4) is 0 Å². The second-order valence-corrected chi connectivity index (χ2v) is 12.7. The smallest absolute Gasteiger partial charge is 0.244 e. The Morgan fingerprint density at radius 2 is 1.64 bits per heavy atom. The molecule has 0 aliphatic heterocycles. The van der Waals surface area contributed by atoms with E-state index in [0.717, 1.165) is 32.6 Å². The van der Waals surface area contributed by atoms with E-state index in [2.05, 4.69) is 21.2 Å². The summed E-state index contributed by atoms with van der Waals surface area (Å²) < 4.78 is 27.5. The van der Waals surface area contributed by atoms with E-state index in [0.29, 0.717) is 5.02 Å². The second kappa shape index (κ2) is 14.0. The maximum Gasteiger partial charge on any atom is 0.244 e. The van der Waals surface area contributed by atoms with Crippen LogP contribution in [0.2, 0.25) is 5.02 Å². The standard InChI is InChI=1S/C29H33BrClN3O4S/c1-4-21(2)32-29(36)27(17-22-9-6-5-7-10-22)33(19-23-13-15-24(30)16-14-23)28(35)20-34(39(3,37)38)26-12-8-11-25(31)18-26/h5-16,18,21,27H,4,17,19-20H2,1-3H3,(H,32,36)/t21-,27-/m1/s1. The van der Waals surface area contributed by atoms with Gasteiger partial charge in [0.15, 0.2) is 0 Å². The Morgan fingerprint density at radius 1 is 0.974 bits per heavy atom. The summed E-state index contributed by atoms with van der Waals surface area (Å²) in [6.07, 6.45) is 2.03. The first-order valence-electron chi connectivity index (χ1n) is 12.6. The molecule has 7 nitrogen and oxygen atoms in total. The molecule has 0 radical (unpaired) electrons. The fraction of sp³-hybridized carbons (Fsp3) is 0.310. The van der Waals surface area contributed by atoms with Gasteiger partial charge in [-0.3, -0.25) is 13.9 Å². The second-order valence-electron chi connectivity index (χ2n) is 9.42. The van der Waals surface area contributed by atoms with E-state index in [4.69, 9.17) is 11.6 Å². The molecule has 208 valence electrons. The van der Waals surface area contributed by atoms with Crippen LogP contribution >= 0.6 is 27.5 Å². The van der Waals surface area contributed by atoms with E-state index in [1.165, 1.54) is 11.0 Å². The first-order chi connectivity index (χ1) is 18.5. The third-order valence-corrected chi connectivity index (χ3v) is 8.22. The Kier molecular flexibility index (Phi) is 11.0. The van der Waals surface area contributed by atoms with E-state index < -0.39 is 28.5 Å². The topological polar surface area (TPSA) is 86.8 Å². The number of carbonyl (C=O) groups excluding carboxylic acids is 2. The molecule has 0 saturated heterocycles. The van der Waals surface area contributed by atoms with Gasteiger partial charge in [0.1, 0.15) is 12.6 Å². The van der Waals surface area contributed by atoms with Crippen molar-refractivity contribution >= 4 is 55.1 Å². The van der Waals surface area contributed by atoms with Crippen molar-refractivity contribution in [3.05, 3.63) is 99.5 Å². The predicted molar refractivity (Wildman–Crippen MR) is 160 cm³/mol. The van der Waals surface area contributed by atoms with Gasteiger partial charge in [-0.05, 0) is 54.8 Å². The molecule has 10 heteroatoms. The molecule has 0 spiro atoms. The zero-order chi connectivity index (χ0) is 28.6. The molecule has 0 unspecified atom stereocenters. The lowest BCUT2D eigenvalue weighted by Crippen LogP contribution is -2.54. The summed E-state index contributed by atoms with van der Waals surface area (Å²) in [4.78, 5) is 29.1. The fourth-order valence-electron chi connectivity index (χ4n) is 4.03. The number of hydrogen-bond donors (Lipinski definition) is 1. The largest absolute Gasteiger partial charge is 0.352 e. The molecule has 0 saturated carbocycles. The van der Waals surface area contributed by atoms with Crippen LogP contribution in [0.4, 0.5) is 5.69 Å². The van der Waals surface area contributed by atoms with Crippen molar-refractivity contribution in [2.45, 2.75) is 45.3 Å². The van der Waals surface area contributed by atoms with Crippen molar-refractivity contribution in [1.29, 1.82) is 0 Å². The van der Waals surface area contributed by atoms with Crippen molar-refractivity contribution in [1.82, 2.24) is 10.2 Å². The Hall–Kier alpha value is -2.88. The van der Waals surface area contributed by atoms with Gasteiger partial charge >= 0.3 is 0 Å². The summed E-state index contributed by atoms with van der Waals surface area (Å²) in [5, 5.41) is 3.36. The third kappa shape index (κ3) is 9.08. The number of nitrogens with one attached hydrogen (secondary N) is 1. The number of rotatable bonds is 12. The Labute approximate surface area is 244 Å². The third-order valence-electron chi connectivity index (χ3n) is 6.31. The molecule has 3 aromatic rings. The van der Waals surface area contributed by atoms with Crippen LogP contribution in [-0.4, -0.2) is 50.0 Å². The Balaban J connectivity index is 2.05. The first-order valence-corrected chi connectivity index (χ1v) is 15.6. The zero-order valence-electron chi connectivity index (χ0n) is 22.2. The van der Waals surface area contributed by atoms with Crippen LogP contribution in [0.25, 0.3) is 0 Å². The minimum atomic E-state index is -3.85. The van der Waals surface area contributed by atoms with Crippen LogP contribution in [0, 0.1) is 0 Å². The molecule has 0 fully saturated rings. The highest BCUT2D eigenvalue weighted by Gasteiger charge is 2.33. The summed E-state index contributed by atoms with van der Waals surface area (Å²) in [5.74, 6) is -0.809. The molecule has 0 bridgehead atoms. The normalized spacial score (nSPS) is 12.8. The molecule has 2 amide bonds. The Morgan fingerprint density at radius 3 is 2.23 bits per heavy atom. The van der Waals surface area contributed by atoms with Gasteiger partial charge < -0.3 is 10.2 Å². The lowest BCUT2D eigenvalue weighted by atomic mass is 10.0. The first kappa shape index (κ1) is 30.7. The number of halogens is 2. The maximum absolute atomic E-state index is 14.0. The average molecular weight is 635 g/mol. The molecular formula is C29H33BrClN3O4S. The number of carbonyl (C=O) groups is 2. The summed E-state index contributed by atoms with van der Waals surface area (Å²) in [6.45, 7) is 3.50. The summed E-state index contributed by atoms with van der Waals surface area (Å²) in [7, 11) is -3.85. The van der Waals surface area contributed by atoms with Crippen molar-refractivity contribution < 1.29 is 18.0 Å². The van der Waals surface area contributed by atoms with Gasteiger partial charge in [-0.2, -0.15) is 0 Å². The van der Waals surface area contributed by atoms with Gasteiger partial charge in [-0.15, -0.1) is 0 Å². The van der Waals surface area contributed by atoms with Crippen molar-refractivity contribution in [2.24, 2.45) is 0 Å². The number of benzene rings is 3. The number of sulfonamides is 1. The summed E-state index contributed by atoms with van der Waals surface area (Å²) in [5.41, 5.74) is 1.95. The highest BCUT2D eigenvalue weighted by Crippen LogP contribution is 2.23. The van der Waals surface area contributed by atoms with E-state index in [1.54, 1.807) is 18.2 Å². The lowest BCUT2D eigenvalue weighted by molar-refractivity contribution is -0.140. The number of nitrogens with zero attached hydrogens (tertiary/aromatic N) is 2. The van der Waals surface area contributed by atoms with Crippen molar-refractivity contribution in [2.75, 3.05) is 17.1 Å². The van der Waals surface area contributed by atoms with Crippen LogP contribution in [0.15, 0.2) is 83.3 Å². The molecule has 2 atom stereocenters. The van der Waals surface area contributed by atoms with Gasteiger partial charge in [0, 0.05) is 28.5 Å². The quantitative estimate of drug-likeness (QED) is 0.288. The minimum Gasteiger partial charge on any atom is -0.352 e. The zero-order valence-corrected chi connectivity index (χ0v) is 25.3. The SMILES string of the molecule is CC[C@@H](C)NC(=O)[C@@H](Cc1ccccc1)N(Cc1ccc(Br)cc1)C(=O)CN(c1cccc(Cl)c1)S(C)(=O)=O. The number of amides is 2. The van der Waals surface area contributed by atoms with Gasteiger partial charge in [0.2, 0.25) is 21.8 Å². The highest BCUT2D eigenvalue weighted by molar-refractivity contribution is 9.10. The highest BCUT2D eigenvalue weighted by atomic mass is 79.9. The monoisotopic (exact) mass is 633 g/mol. The van der Waals surface area contributed by atoms with Gasteiger partial charge in [-0.1, -0.05) is 83.0 Å². The van der Waals surface area contributed by atoms with Gasteiger partial charge in [-0.25, -0.2) is 8.42 Å². The predicted octanol–water partition coefficient (Wildman–Crippen LogP) is 5.42. The lowest BCUT2D eigenvalue weighted by Gasteiger charge is -2.34. The van der Waals surface area contributed by atoms with Crippen molar-refractivity contribution in [3.8, 4) is 0 Å². The molecule has 3 aromatic carbocycles. The fourth-order valence-corrected chi connectivity index (χ4v) is 5.32. The average Bonchev–Trinajstić information content (AvgIpc) is 2.90. The molecule has 39 heavy (non-hydrogen) atoms. The van der Waals surface area contributed by atoms with Gasteiger partial charge in [0.05, 0.1) is 11.9 Å². The summed E-state index contributed by atoms with van der Waals surface area (Å²) >= 11 is 9.56. The van der Waals surface area contributed by atoms with E-state index >= 15 is 0 Å². The Bertz CT molecular complexity index is 1370. The van der Waals surface area contributed by atoms with Crippen LogP contribution in [0.5, 0.6) is 0 Å². The maximum atomic E-state index is 14.0. The van der Waals surface area contributed by atoms with E-state index in [-0.39, 0.29) is 30.6 Å². The molecule has 0 aliphatic carbocycles. The minimum absolute atomic E-state index is 0.0978. The van der Waals surface area contributed by atoms with E-state index in [1.807, 2.05) is 68.4 Å². The van der Waals surface area contributed by atoms with E-state index in [9.17, 15) is 18.0 Å². The molecule has 0 heterocycles. The number of hydrogen-bond acceptors (Lipinski definition) is 4. The number of anilines is 1. The molecular weight excluding hydrogens is 602 g/mol. The van der Waals surface area contributed by atoms with Crippen LogP contribution in [0.1, 0.15) is 31.4 Å². The molecule has 0 aliphatic rings. The van der Waals surface area contributed by atoms with Crippen LogP contribution in [-0.2, 0) is 32.6 Å². The summed E-state index contributed by atoms with van der Waals surface area (Å²) in [6, 6.07) is 22.2. The van der Waals surface area contributed by atoms with Crippen LogP contribution < -0.4 is 9.62 Å². The van der Waals surface area contributed by atoms with Gasteiger partial charge in [0.25, 0.3) is 0 Å².